The normalized spacial score (nSPS) is 10.9. The van der Waals surface area contributed by atoms with Crippen molar-refractivity contribution in [2.45, 2.75) is 13.8 Å². The van der Waals surface area contributed by atoms with Crippen molar-refractivity contribution in [2.24, 2.45) is 7.05 Å². The zero-order valence-electron chi connectivity index (χ0n) is 11.5. The average molecular weight is 286 g/mol. The highest BCUT2D eigenvalue weighted by Gasteiger charge is 2.12. The van der Waals surface area contributed by atoms with Crippen molar-refractivity contribution in [1.82, 2.24) is 14.8 Å². The molecule has 5 nitrogen and oxygen atoms in total. The number of nitrogens with one attached hydrogen (secondary N) is 1. The molecule has 0 saturated carbocycles. The Balaban J connectivity index is 1.89. The van der Waals surface area contributed by atoms with Gasteiger partial charge < -0.3 is 0 Å². The SMILES string of the molecule is Cc1cc2nc(NC(=O)c3ccn(C)n3)sc2cc1C. The maximum absolute atomic E-state index is 12.0. The molecule has 0 radical (unpaired) electrons. The van der Waals surface area contributed by atoms with E-state index in [0.29, 0.717) is 10.8 Å². The first-order valence-corrected chi connectivity index (χ1v) is 7.03. The molecule has 0 aliphatic rings. The van der Waals surface area contributed by atoms with E-state index in [9.17, 15) is 4.79 Å². The van der Waals surface area contributed by atoms with Gasteiger partial charge in [-0.05, 0) is 43.2 Å². The van der Waals surface area contributed by atoms with E-state index in [1.165, 1.54) is 22.5 Å². The zero-order valence-corrected chi connectivity index (χ0v) is 12.3. The van der Waals surface area contributed by atoms with Crippen LogP contribution in [0.2, 0.25) is 0 Å². The Hall–Kier alpha value is -2.21. The minimum atomic E-state index is -0.238. The van der Waals surface area contributed by atoms with Gasteiger partial charge in [-0.1, -0.05) is 11.3 Å². The molecule has 6 heteroatoms. The minimum absolute atomic E-state index is 0.238. The Morgan fingerprint density at radius 3 is 2.75 bits per heavy atom. The van der Waals surface area contributed by atoms with Crippen LogP contribution in [0.4, 0.5) is 5.13 Å². The molecule has 102 valence electrons. The molecule has 0 aliphatic carbocycles. The lowest BCUT2D eigenvalue weighted by Gasteiger charge is -1.97. The van der Waals surface area contributed by atoms with E-state index in [0.717, 1.165) is 10.2 Å². The van der Waals surface area contributed by atoms with Crippen LogP contribution < -0.4 is 5.32 Å². The maximum Gasteiger partial charge on any atom is 0.277 e. The molecule has 0 bridgehead atoms. The smallest absolute Gasteiger partial charge is 0.277 e. The highest BCUT2D eigenvalue weighted by atomic mass is 32.1. The van der Waals surface area contributed by atoms with E-state index in [4.69, 9.17) is 0 Å². The number of nitrogens with zero attached hydrogens (tertiary/aromatic N) is 3. The molecule has 0 atom stereocenters. The number of benzene rings is 1. The quantitative estimate of drug-likeness (QED) is 0.788. The van der Waals surface area contributed by atoms with Gasteiger partial charge in [-0.3, -0.25) is 14.8 Å². The number of carbonyl (C=O) groups is 1. The molecular formula is C14H14N4OS. The van der Waals surface area contributed by atoms with Gasteiger partial charge in [0.05, 0.1) is 10.2 Å². The summed E-state index contributed by atoms with van der Waals surface area (Å²) in [4.78, 5) is 16.5. The second kappa shape index (κ2) is 4.72. The molecule has 3 rings (SSSR count). The van der Waals surface area contributed by atoms with E-state index >= 15 is 0 Å². The van der Waals surface area contributed by atoms with Gasteiger partial charge >= 0.3 is 0 Å². The molecule has 1 aromatic carbocycles. The highest BCUT2D eigenvalue weighted by Crippen LogP contribution is 2.28. The Kier molecular flexibility index (Phi) is 3.02. The van der Waals surface area contributed by atoms with E-state index in [-0.39, 0.29) is 5.91 Å². The Morgan fingerprint density at radius 1 is 1.30 bits per heavy atom. The van der Waals surface area contributed by atoms with Crippen molar-refractivity contribution >= 4 is 32.6 Å². The lowest BCUT2D eigenvalue weighted by Crippen LogP contribution is -2.12. The summed E-state index contributed by atoms with van der Waals surface area (Å²) in [5, 5.41) is 7.46. The predicted molar refractivity (Wildman–Crippen MR) is 80.3 cm³/mol. The molecular weight excluding hydrogens is 272 g/mol. The van der Waals surface area contributed by atoms with Crippen molar-refractivity contribution in [3.05, 3.63) is 41.2 Å². The number of hydrogen-bond donors (Lipinski definition) is 1. The summed E-state index contributed by atoms with van der Waals surface area (Å²) in [6.07, 6.45) is 1.74. The first kappa shape index (κ1) is 12.8. The molecule has 0 aliphatic heterocycles. The summed E-state index contributed by atoms with van der Waals surface area (Å²) in [6.45, 7) is 4.13. The topological polar surface area (TPSA) is 59.8 Å². The van der Waals surface area contributed by atoms with Gasteiger partial charge in [0, 0.05) is 13.2 Å². The number of rotatable bonds is 2. The van der Waals surface area contributed by atoms with Crippen molar-refractivity contribution in [3.63, 3.8) is 0 Å². The third-order valence-corrected chi connectivity index (χ3v) is 4.10. The lowest BCUT2D eigenvalue weighted by molar-refractivity contribution is 0.102. The first-order valence-electron chi connectivity index (χ1n) is 6.22. The van der Waals surface area contributed by atoms with Crippen LogP contribution >= 0.6 is 11.3 Å². The molecule has 0 fully saturated rings. The summed E-state index contributed by atoms with van der Waals surface area (Å²) < 4.78 is 2.67. The van der Waals surface area contributed by atoms with Crippen LogP contribution in [-0.2, 0) is 7.05 Å². The second-order valence-electron chi connectivity index (χ2n) is 4.75. The Labute approximate surface area is 120 Å². The van der Waals surface area contributed by atoms with E-state index in [2.05, 4.69) is 35.3 Å². The highest BCUT2D eigenvalue weighted by molar-refractivity contribution is 7.22. The largest absolute Gasteiger partial charge is 0.296 e. The van der Waals surface area contributed by atoms with Crippen LogP contribution in [0.25, 0.3) is 10.2 Å². The van der Waals surface area contributed by atoms with Gasteiger partial charge in [-0.2, -0.15) is 5.10 Å². The Bertz CT molecular complexity index is 764. The molecule has 1 N–H and O–H groups in total. The number of fused-ring (bicyclic) bond motifs is 1. The molecule has 0 spiro atoms. The van der Waals surface area contributed by atoms with Crippen LogP contribution in [0.3, 0.4) is 0 Å². The van der Waals surface area contributed by atoms with E-state index < -0.39 is 0 Å². The van der Waals surface area contributed by atoms with Crippen molar-refractivity contribution < 1.29 is 4.79 Å². The summed E-state index contributed by atoms with van der Waals surface area (Å²) in [5.41, 5.74) is 3.72. The van der Waals surface area contributed by atoms with Crippen molar-refractivity contribution in [1.29, 1.82) is 0 Å². The average Bonchev–Trinajstić information content (AvgIpc) is 2.96. The van der Waals surface area contributed by atoms with Gasteiger partial charge in [0.15, 0.2) is 10.8 Å². The van der Waals surface area contributed by atoms with Crippen LogP contribution in [0, 0.1) is 13.8 Å². The molecule has 2 heterocycles. The molecule has 0 unspecified atom stereocenters. The monoisotopic (exact) mass is 286 g/mol. The summed E-state index contributed by atoms with van der Waals surface area (Å²) in [5.74, 6) is -0.238. The lowest BCUT2D eigenvalue weighted by atomic mass is 10.1. The zero-order chi connectivity index (χ0) is 14.3. The summed E-state index contributed by atoms with van der Waals surface area (Å²) >= 11 is 1.47. The van der Waals surface area contributed by atoms with Crippen LogP contribution in [0.15, 0.2) is 24.4 Å². The van der Waals surface area contributed by atoms with Crippen molar-refractivity contribution in [2.75, 3.05) is 5.32 Å². The van der Waals surface area contributed by atoms with Crippen LogP contribution in [-0.4, -0.2) is 20.7 Å². The van der Waals surface area contributed by atoms with E-state index in [1.54, 1.807) is 24.0 Å². The predicted octanol–water partition coefficient (Wildman–Crippen LogP) is 2.90. The third kappa shape index (κ3) is 2.30. The fraction of sp³-hybridized carbons (Fsp3) is 0.214. The molecule has 20 heavy (non-hydrogen) atoms. The van der Waals surface area contributed by atoms with Gasteiger partial charge in [-0.25, -0.2) is 4.98 Å². The number of aryl methyl sites for hydroxylation is 3. The molecule has 3 aromatic rings. The van der Waals surface area contributed by atoms with Gasteiger partial charge in [-0.15, -0.1) is 0 Å². The standard InChI is InChI=1S/C14H14N4OS/c1-8-6-11-12(7-9(8)2)20-14(15-11)16-13(19)10-4-5-18(3)17-10/h4-7H,1-3H3,(H,15,16,19). The number of hydrogen-bond acceptors (Lipinski definition) is 4. The maximum atomic E-state index is 12.0. The van der Waals surface area contributed by atoms with Crippen molar-refractivity contribution in [3.8, 4) is 0 Å². The number of aromatic nitrogens is 3. The number of carbonyl (C=O) groups excluding carboxylic acids is 1. The van der Waals surface area contributed by atoms with Gasteiger partial charge in [0.1, 0.15) is 0 Å². The van der Waals surface area contributed by atoms with Crippen LogP contribution in [0.1, 0.15) is 21.6 Å². The summed E-state index contributed by atoms with van der Waals surface area (Å²) in [6, 6.07) is 5.81. The van der Waals surface area contributed by atoms with Crippen LogP contribution in [0.5, 0.6) is 0 Å². The van der Waals surface area contributed by atoms with E-state index in [1.807, 2.05) is 6.07 Å². The second-order valence-corrected chi connectivity index (χ2v) is 5.78. The third-order valence-electron chi connectivity index (χ3n) is 3.17. The van der Waals surface area contributed by atoms with Gasteiger partial charge in [0.25, 0.3) is 5.91 Å². The number of amides is 1. The van der Waals surface area contributed by atoms with Gasteiger partial charge in [0.2, 0.25) is 0 Å². The molecule has 2 aromatic heterocycles. The minimum Gasteiger partial charge on any atom is -0.296 e. The molecule has 1 amide bonds. The summed E-state index contributed by atoms with van der Waals surface area (Å²) in [7, 11) is 1.78. The first-order chi connectivity index (χ1) is 9.52. The number of thiazole rings is 1. The fourth-order valence-corrected chi connectivity index (χ4v) is 2.87. The molecule has 0 saturated heterocycles. The fourth-order valence-electron chi connectivity index (χ4n) is 1.93. The number of anilines is 1. The Morgan fingerprint density at radius 2 is 2.05 bits per heavy atom.